The van der Waals surface area contributed by atoms with Crippen LogP contribution in [0.3, 0.4) is 0 Å². The second kappa shape index (κ2) is 12.1. The molecule has 0 radical (unpaired) electrons. The lowest BCUT2D eigenvalue weighted by atomic mass is 9.66. The SMILES string of the molecule is COc1cc(C2c3c(cc(OC)c(O[C@@H]4O[C@H](CO)[C@@H](O)[C@H](O)[C@H]4O)c3OC)CC(CO)C2CO)ccc1O. The summed E-state index contributed by atoms with van der Waals surface area (Å²) in [5.74, 6) is -0.733. The van der Waals surface area contributed by atoms with Crippen molar-refractivity contribution in [1.82, 2.24) is 0 Å². The topological polar surface area (TPSA) is 188 Å². The van der Waals surface area contributed by atoms with Crippen molar-refractivity contribution in [2.45, 2.75) is 43.0 Å². The molecule has 1 heterocycles. The van der Waals surface area contributed by atoms with Crippen LogP contribution in [0.1, 0.15) is 22.6 Å². The fraction of sp³-hybridized carbons (Fsp3) is 0.556. The number of fused-ring (bicyclic) bond motifs is 1. The van der Waals surface area contributed by atoms with Crippen LogP contribution in [-0.2, 0) is 11.2 Å². The fourth-order valence-corrected chi connectivity index (χ4v) is 5.61. The van der Waals surface area contributed by atoms with E-state index in [4.69, 9.17) is 23.7 Å². The van der Waals surface area contributed by atoms with E-state index in [0.717, 1.165) is 5.56 Å². The van der Waals surface area contributed by atoms with E-state index < -0.39 is 49.1 Å². The Bertz CT molecular complexity index is 1140. The Labute approximate surface area is 225 Å². The van der Waals surface area contributed by atoms with Crippen LogP contribution in [0.15, 0.2) is 24.3 Å². The predicted octanol–water partition coefficient (Wildman–Crippen LogP) is -0.498. The Morgan fingerprint density at radius 2 is 1.54 bits per heavy atom. The van der Waals surface area contributed by atoms with E-state index >= 15 is 0 Å². The Morgan fingerprint density at radius 3 is 2.13 bits per heavy atom. The molecule has 3 unspecified atom stereocenters. The van der Waals surface area contributed by atoms with Gasteiger partial charge in [-0.05, 0) is 47.6 Å². The van der Waals surface area contributed by atoms with Gasteiger partial charge < -0.3 is 59.4 Å². The first-order chi connectivity index (χ1) is 18.7. The van der Waals surface area contributed by atoms with Gasteiger partial charge in [0, 0.05) is 24.7 Å². The second-order valence-electron chi connectivity index (χ2n) is 9.73. The number of methoxy groups -OCH3 is 3. The molecule has 0 spiro atoms. The Morgan fingerprint density at radius 1 is 0.821 bits per heavy atom. The minimum atomic E-state index is -1.67. The molecule has 39 heavy (non-hydrogen) atoms. The Hall–Kier alpha value is -2.84. The van der Waals surface area contributed by atoms with Crippen LogP contribution >= 0.6 is 0 Å². The highest BCUT2D eigenvalue weighted by Gasteiger charge is 2.46. The van der Waals surface area contributed by atoms with Crippen molar-refractivity contribution in [2.24, 2.45) is 11.8 Å². The number of aliphatic hydroxyl groups excluding tert-OH is 6. The van der Waals surface area contributed by atoms with Crippen molar-refractivity contribution < 1.29 is 59.4 Å². The van der Waals surface area contributed by atoms with Crippen molar-refractivity contribution in [3.8, 4) is 28.7 Å². The lowest BCUT2D eigenvalue weighted by Crippen LogP contribution is -2.60. The number of phenols is 1. The van der Waals surface area contributed by atoms with E-state index in [1.165, 1.54) is 27.4 Å². The molecule has 0 bridgehead atoms. The van der Waals surface area contributed by atoms with Crippen LogP contribution in [0, 0.1) is 11.8 Å². The van der Waals surface area contributed by atoms with Gasteiger partial charge in [-0.1, -0.05) is 6.07 Å². The largest absolute Gasteiger partial charge is 0.504 e. The van der Waals surface area contributed by atoms with Gasteiger partial charge in [-0.3, -0.25) is 0 Å². The van der Waals surface area contributed by atoms with E-state index in [0.29, 0.717) is 17.5 Å². The number of aliphatic hydroxyl groups is 6. The molecule has 1 saturated heterocycles. The molecule has 2 aliphatic rings. The summed E-state index contributed by atoms with van der Waals surface area (Å²) in [5, 5.41) is 71.4. The molecule has 1 aliphatic heterocycles. The Balaban J connectivity index is 1.89. The molecule has 216 valence electrons. The molecule has 0 saturated carbocycles. The third-order valence-corrected chi connectivity index (χ3v) is 7.67. The number of hydrogen-bond donors (Lipinski definition) is 7. The van der Waals surface area contributed by atoms with Crippen molar-refractivity contribution in [1.29, 1.82) is 0 Å². The Kier molecular flexibility index (Phi) is 9.07. The number of aromatic hydroxyl groups is 1. The molecule has 7 N–H and O–H groups in total. The smallest absolute Gasteiger partial charge is 0.229 e. The minimum absolute atomic E-state index is 0.0259. The lowest BCUT2D eigenvalue weighted by molar-refractivity contribution is -0.277. The van der Waals surface area contributed by atoms with Crippen LogP contribution in [0.4, 0.5) is 0 Å². The summed E-state index contributed by atoms with van der Waals surface area (Å²) in [4.78, 5) is 0. The molecular weight excluding hydrogens is 516 g/mol. The molecule has 1 fully saturated rings. The summed E-state index contributed by atoms with van der Waals surface area (Å²) >= 11 is 0. The van der Waals surface area contributed by atoms with E-state index in [1.807, 2.05) is 0 Å². The first kappa shape index (κ1) is 29.2. The zero-order valence-electron chi connectivity index (χ0n) is 21.9. The normalized spacial score (nSPS) is 30.4. The van der Waals surface area contributed by atoms with Gasteiger partial charge in [0.2, 0.25) is 12.0 Å². The number of ether oxygens (including phenoxy) is 5. The summed E-state index contributed by atoms with van der Waals surface area (Å²) < 4.78 is 28.3. The molecule has 12 nitrogen and oxygen atoms in total. The third-order valence-electron chi connectivity index (χ3n) is 7.67. The third kappa shape index (κ3) is 5.21. The number of hydrogen-bond acceptors (Lipinski definition) is 12. The molecule has 2 aromatic rings. The van der Waals surface area contributed by atoms with Crippen molar-refractivity contribution in [2.75, 3.05) is 41.2 Å². The van der Waals surface area contributed by atoms with E-state index in [9.17, 15) is 35.7 Å². The maximum atomic E-state index is 10.6. The van der Waals surface area contributed by atoms with Crippen molar-refractivity contribution >= 4 is 0 Å². The molecule has 8 atom stereocenters. The average Bonchev–Trinajstić information content (AvgIpc) is 2.96. The van der Waals surface area contributed by atoms with Gasteiger partial charge in [0.25, 0.3) is 0 Å². The van der Waals surface area contributed by atoms with Crippen LogP contribution in [-0.4, -0.2) is 108 Å². The average molecular weight is 553 g/mol. The van der Waals surface area contributed by atoms with Gasteiger partial charge in [-0.15, -0.1) is 0 Å². The molecule has 0 amide bonds. The molecule has 4 rings (SSSR count). The van der Waals surface area contributed by atoms with E-state index in [-0.39, 0.29) is 47.9 Å². The number of benzene rings is 2. The van der Waals surface area contributed by atoms with E-state index in [1.54, 1.807) is 18.2 Å². The molecular formula is C27H36O12. The quantitative estimate of drug-likeness (QED) is 0.212. The van der Waals surface area contributed by atoms with Crippen molar-refractivity contribution in [3.63, 3.8) is 0 Å². The maximum absolute atomic E-state index is 10.6. The summed E-state index contributed by atoms with van der Waals surface area (Å²) in [7, 11) is 4.24. The molecule has 0 aromatic heterocycles. The standard InChI is InChI=1S/C27H36O12/c1-35-17-7-12(4-5-16(17)31)20-15(10-29)14(9-28)6-13-8-18(36-2)25(26(37-3)21(13)20)39-27-24(34)23(33)22(32)19(11-30)38-27/h4-5,7-8,14-15,19-20,22-24,27-34H,6,9-11H2,1-3H3/t14?,15?,19-,20?,22-,23+,24-,27+/m1/s1. The minimum Gasteiger partial charge on any atom is -0.504 e. The highest BCUT2D eigenvalue weighted by atomic mass is 16.7. The first-order valence-electron chi connectivity index (χ1n) is 12.6. The maximum Gasteiger partial charge on any atom is 0.229 e. The summed E-state index contributed by atoms with van der Waals surface area (Å²) in [5.41, 5.74) is 2.05. The van der Waals surface area contributed by atoms with Gasteiger partial charge in [-0.2, -0.15) is 0 Å². The second-order valence-corrected chi connectivity index (χ2v) is 9.73. The monoisotopic (exact) mass is 552 g/mol. The van der Waals surface area contributed by atoms with Gasteiger partial charge in [0.1, 0.15) is 24.4 Å². The zero-order valence-corrected chi connectivity index (χ0v) is 21.9. The predicted molar refractivity (Wildman–Crippen MR) is 135 cm³/mol. The molecule has 1 aliphatic carbocycles. The van der Waals surface area contributed by atoms with E-state index in [2.05, 4.69) is 0 Å². The van der Waals surface area contributed by atoms with Crippen LogP contribution in [0.2, 0.25) is 0 Å². The summed E-state index contributed by atoms with van der Waals surface area (Å²) in [6.07, 6.45) is -7.20. The van der Waals surface area contributed by atoms with Gasteiger partial charge in [-0.25, -0.2) is 0 Å². The van der Waals surface area contributed by atoms with Crippen molar-refractivity contribution in [3.05, 3.63) is 41.0 Å². The fourth-order valence-electron chi connectivity index (χ4n) is 5.61. The molecule has 2 aromatic carbocycles. The van der Waals surface area contributed by atoms with Crippen LogP contribution in [0.5, 0.6) is 28.7 Å². The zero-order chi connectivity index (χ0) is 28.4. The number of rotatable bonds is 9. The van der Waals surface area contributed by atoms with Crippen LogP contribution in [0.25, 0.3) is 0 Å². The van der Waals surface area contributed by atoms with Gasteiger partial charge in [0.05, 0.1) is 27.9 Å². The lowest BCUT2D eigenvalue weighted by Gasteiger charge is -2.41. The number of phenolic OH excluding ortho intramolecular Hbond substituents is 1. The first-order valence-corrected chi connectivity index (χ1v) is 12.6. The molecule has 12 heteroatoms. The van der Waals surface area contributed by atoms with Crippen LogP contribution < -0.4 is 18.9 Å². The highest BCUT2D eigenvalue weighted by Crippen LogP contribution is 2.54. The highest BCUT2D eigenvalue weighted by molar-refractivity contribution is 5.63. The summed E-state index contributed by atoms with van der Waals surface area (Å²) in [6.45, 7) is -1.09. The van der Waals surface area contributed by atoms with Gasteiger partial charge in [0.15, 0.2) is 23.0 Å². The van der Waals surface area contributed by atoms with Gasteiger partial charge >= 0.3 is 0 Å². The summed E-state index contributed by atoms with van der Waals surface area (Å²) in [6, 6.07) is 6.52.